The monoisotopic (exact) mass is 266 g/mol. The highest BCUT2D eigenvalue weighted by atomic mass is 16.2. The van der Waals surface area contributed by atoms with Crippen LogP contribution in [0.5, 0.6) is 0 Å². The van der Waals surface area contributed by atoms with Crippen LogP contribution in [-0.4, -0.2) is 30.6 Å². The second-order valence-corrected chi connectivity index (χ2v) is 6.67. The first kappa shape index (κ1) is 14.7. The quantitative estimate of drug-likeness (QED) is 0.831. The Bertz CT molecular complexity index is 284. The van der Waals surface area contributed by atoms with Crippen LogP contribution in [0.1, 0.15) is 58.8 Å². The molecule has 110 valence electrons. The predicted molar refractivity (Wildman–Crippen MR) is 79.1 cm³/mol. The van der Waals surface area contributed by atoms with E-state index >= 15 is 0 Å². The van der Waals surface area contributed by atoms with E-state index in [9.17, 15) is 4.79 Å². The Morgan fingerprint density at radius 3 is 2.47 bits per heavy atom. The van der Waals surface area contributed by atoms with Gasteiger partial charge in [-0.3, -0.25) is 0 Å². The van der Waals surface area contributed by atoms with E-state index in [2.05, 4.69) is 19.2 Å². The summed E-state index contributed by atoms with van der Waals surface area (Å²) in [6.45, 7) is 7.31. The molecule has 2 amide bonds. The second-order valence-electron chi connectivity index (χ2n) is 6.67. The molecular formula is C16H30N2O. The molecule has 0 radical (unpaired) electrons. The van der Waals surface area contributed by atoms with Crippen molar-refractivity contribution in [2.45, 2.75) is 58.8 Å². The molecule has 0 aromatic carbocycles. The van der Waals surface area contributed by atoms with Crippen LogP contribution in [0.2, 0.25) is 0 Å². The molecule has 3 heteroatoms. The molecule has 3 nitrogen and oxygen atoms in total. The van der Waals surface area contributed by atoms with E-state index in [4.69, 9.17) is 0 Å². The second kappa shape index (κ2) is 7.16. The Morgan fingerprint density at radius 2 is 1.84 bits per heavy atom. The van der Waals surface area contributed by atoms with Crippen LogP contribution in [0.15, 0.2) is 0 Å². The predicted octanol–water partition coefficient (Wildman–Crippen LogP) is 3.64. The number of urea groups is 1. The summed E-state index contributed by atoms with van der Waals surface area (Å²) in [5.74, 6) is 2.32. The Hall–Kier alpha value is -0.730. The number of amides is 2. The Balaban J connectivity index is 1.66. The fourth-order valence-corrected chi connectivity index (χ4v) is 3.56. The van der Waals surface area contributed by atoms with Crippen molar-refractivity contribution >= 4 is 6.03 Å². The molecule has 0 bridgehead atoms. The molecule has 1 heterocycles. The fourth-order valence-electron chi connectivity index (χ4n) is 3.56. The summed E-state index contributed by atoms with van der Waals surface area (Å²) in [7, 11) is 0. The van der Waals surface area contributed by atoms with Crippen LogP contribution < -0.4 is 5.32 Å². The third-order valence-corrected chi connectivity index (χ3v) is 5.03. The highest BCUT2D eigenvalue weighted by molar-refractivity contribution is 5.74. The highest BCUT2D eigenvalue weighted by Crippen LogP contribution is 2.30. The van der Waals surface area contributed by atoms with Gasteiger partial charge in [-0.2, -0.15) is 0 Å². The van der Waals surface area contributed by atoms with Crippen LogP contribution in [0, 0.1) is 17.8 Å². The number of likely N-dealkylation sites (tertiary alicyclic amines) is 1. The van der Waals surface area contributed by atoms with E-state index in [1.165, 1.54) is 38.5 Å². The molecule has 1 saturated heterocycles. The maximum atomic E-state index is 12.1. The zero-order valence-electron chi connectivity index (χ0n) is 12.7. The van der Waals surface area contributed by atoms with Crippen molar-refractivity contribution in [3.63, 3.8) is 0 Å². The first-order chi connectivity index (χ1) is 9.19. The summed E-state index contributed by atoms with van der Waals surface area (Å²) < 4.78 is 0. The molecule has 1 saturated carbocycles. The largest absolute Gasteiger partial charge is 0.338 e. The van der Waals surface area contributed by atoms with Crippen molar-refractivity contribution in [1.29, 1.82) is 0 Å². The molecule has 2 rings (SSSR count). The van der Waals surface area contributed by atoms with Gasteiger partial charge in [-0.25, -0.2) is 4.79 Å². The van der Waals surface area contributed by atoms with Gasteiger partial charge in [0.05, 0.1) is 0 Å². The summed E-state index contributed by atoms with van der Waals surface area (Å²) in [5, 5.41) is 3.16. The van der Waals surface area contributed by atoms with Crippen LogP contribution in [0.3, 0.4) is 0 Å². The smallest absolute Gasteiger partial charge is 0.317 e. The van der Waals surface area contributed by atoms with Gasteiger partial charge in [0.15, 0.2) is 0 Å². The van der Waals surface area contributed by atoms with Crippen LogP contribution in [0.25, 0.3) is 0 Å². The lowest BCUT2D eigenvalue weighted by Crippen LogP contribution is -2.46. The minimum Gasteiger partial charge on any atom is -0.338 e. The molecule has 1 N–H and O–H groups in total. The van der Waals surface area contributed by atoms with E-state index in [0.29, 0.717) is 11.8 Å². The number of carbonyl (C=O) groups is 1. The molecule has 1 atom stereocenters. The number of hydrogen-bond donors (Lipinski definition) is 1. The zero-order valence-corrected chi connectivity index (χ0v) is 12.7. The van der Waals surface area contributed by atoms with Gasteiger partial charge in [0.1, 0.15) is 0 Å². The average molecular weight is 266 g/mol. The molecule has 0 spiro atoms. The van der Waals surface area contributed by atoms with Gasteiger partial charge in [0, 0.05) is 19.6 Å². The molecular weight excluding hydrogens is 236 g/mol. The van der Waals surface area contributed by atoms with Crippen molar-refractivity contribution in [3.8, 4) is 0 Å². The Kier molecular flexibility index (Phi) is 5.53. The van der Waals surface area contributed by atoms with E-state index in [1.807, 2.05) is 4.90 Å². The van der Waals surface area contributed by atoms with Crippen molar-refractivity contribution < 1.29 is 4.79 Å². The maximum absolute atomic E-state index is 12.1. The third kappa shape index (κ3) is 4.39. The van der Waals surface area contributed by atoms with Crippen molar-refractivity contribution in [2.24, 2.45) is 17.8 Å². The topological polar surface area (TPSA) is 32.3 Å². The van der Waals surface area contributed by atoms with E-state index in [-0.39, 0.29) is 6.03 Å². The summed E-state index contributed by atoms with van der Waals surface area (Å²) in [6.07, 6.45) is 9.08. The third-order valence-electron chi connectivity index (χ3n) is 5.03. The van der Waals surface area contributed by atoms with Crippen LogP contribution in [0.4, 0.5) is 4.79 Å². The van der Waals surface area contributed by atoms with Crippen molar-refractivity contribution in [1.82, 2.24) is 10.2 Å². The molecule has 2 aliphatic rings. The molecule has 1 unspecified atom stereocenters. The average Bonchev–Trinajstić information content (AvgIpc) is 2.45. The van der Waals surface area contributed by atoms with Crippen molar-refractivity contribution in [3.05, 3.63) is 0 Å². The van der Waals surface area contributed by atoms with E-state index < -0.39 is 0 Å². The number of nitrogens with zero attached hydrogens (tertiary/aromatic N) is 1. The molecule has 0 aromatic heterocycles. The molecule has 0 aromatic rings. The summed E-state index contributed by atoms with van der Waals surface area (Å²) >= 11 is 0. The van der Waals surface area contributed by atoms with E-state index in [0.717, 1.165) is 32.0 Å². The maximum Gasteiger partial charge on any atom is 0.317 e. The summed E-state index contributed by atoms with van der Waals surface area (Å²) in [6, 6.07) is 0.171. The van der Waals surface area contributed by atoms with Gasteiger partial charge >= 0.3 is 6.03 Å². The Labute approximate surface area is 118 Å². The lowest BCUT2D eigenvalue weighted by molar-refractivity contribution is 0.165. The van der Waals surface area contributed by atoms with Crippen LogP contribution >= 0.6 is 0 Å². The lowest BCUT2D eigenvalue weighted by Gasteiger charge is -2.32. The highest BCUT2D eigenvalue weighted by Gasteiger charge is 2.23. The number of hydrogen-bond acceptors (Lipinski definition) is 1. The number of piperidine rings is 1. The minimum absolute atomic E-state index is 0.171. The van der Waals surface area contributed by atoms with Gasteiger partial charge in [0.25, 0.3) is 0 Å². The number of carbonyl (C=O) groups excluding carboxylic acids is 1. The first-order valence-electron chi connectivity index (χ1n) is 8.21. The van der Waals surface area contributed by atoms with Crippen LogP contribution in [-0.2, 0) is 0 Å². The lowest BCUT2D eigenvalue weighted by atomic mass is 9.81. The van der Waals surface area contributed by atoms with Gasteiger partial charge < -0.3 is 10.2 Å². The van der Waals surface area contributed by atoms with Gasteiger partial charge in [0.2, 0.25) is 0 Å². The summed E-state index contributed by atoms with van der Waals surface area (Å²) in [4.78, 5) is 14.1. The van der Waals surface area contributed by atoms with Gasteiger partial charge in [-0.1, -0.05) is 33.1 Å². The molecule has 1 aliphatic heterocycles. The van der Waals surface area contributed by atoms with Crippen molar-refractivity contribution in [2.75, 3.05) is 19.6 Å². The molecule has 2 fully saturated rings. The minimum atomic E-state index is 0.171. The normalized spacial score (nSPS) is 32.1. The van der Waals surface area contributed by atoms with Gasteiger partial charge in [-0.05, 0) is 43.4 Å². The number of nitrogens with one attached hydrogen (secondary N) is 1. The summed E-state index contributed by atoms with van der Waals surface area (Å²) in [5.41, 5.74) is 0. The number of rotatable bonds is 3. The first-order valence-corrected chi connectivity index (χ1v) is 8.21. The zero-order chi connectivity index (χ0) is 13.7. The Morgan fingerprint density at radius 1 is 1.16 bits per heavy atom. The van der Waals surface area contributed by atoms with E-state index in [1.54, 1.807) is 0 Å². The standard InChI is InChI=1S/C16H30N2O/c1-3-14-6-8-15(9-7-14)11-17-16(19)18-10-4-5-13(2)12-18/h13-15H,3-12H2,1-2H3,(H,17,19). The SMILES string of the molecule is CCC1CCC(CNC(=O)N2CCCC(C)C2)CC1. The van der Waals surface area contributed by atoms with Gasteiger partial charge in [-0.15, -0.1) is 0 Å². The molecule has 1 aliphatic carbocycles. The molecule has 19 heavy (non-hydrogen) atoms. The fraction of sp³-hybridized carbons (Fsp3) is 0.938.